The number of furan rings is 1. The first-order valence-corrected chi connectivity index (χ1v) is 9.18. The third-order valence-corrected chi connectivity index (χ3v) is 5.53. The lowest BCUT2D eigenvalue weighted by atomic mass is 9.81. The maximum Gasteiger partial charge on any atom is 0.289 e. The maximum atomic E-state index is 12.8. The number of aromatic nitrogens is 1. The SMILES string of the molecule is O=C(c1cc2ccccc2o1)N1CC2(C1)OCCC2COc1cccnc1. The van der Waals surface area contributed by atoms with Gasteiger partial charge in [-0.05, 0) is 30.7 Å². The minimum absolute atomic E-state index is 0.0840. The van der Waals surface area contributed by atoms with Crippen LogP contribution in [0.2, 0.25) is 0 Å². The summed E-state index contributed by atoms with van der Waals surface area (Å²) in [6.45, 7) is 2.42. The van der Waals surface area contributed by atoms with Crippen LogP contribution in [-0.2, 0) is 4.74 Å². The summed E-state index contributed by atoms with van der Waals surface area (Å²) in [5, 5.41) is 0.941. The number of pyridine rings is 1. The average molecular weight is 364 g/mol. The fraction of sp³-hybridized carbons (Fsp3) is 0.333. The van der Waals surface area contributed by atoms with Gasteiger partial charge in [0.2, 0.25) is 0 Å². The van der Waals surface area contributed by atoms with Crippen LogP contribution in [0.1, 0.15) is 17.0 Å². The third kappa shape index (κ3) is 2.86. The van der Waals surface area contributed by atoms with E-state index >= 15 is 0 Å². The van der Waals surface area contributed by atoms with Crippen molar-refractivity contribution in [3.05, 3.63) is 60.6 Å². The number of hydrogen-bond acceptors (Lipinski definition) is 5. The molecule has 0 bridgehead atoms. The molecule has 6 nitrogen and oxygen atoms in total. The Bertz CT molecular complexity index is 929. The van der Waals surface area contributed by atoms with Crippen molar-refractivity contribution < 1.29 is 18.7 Å². The van der Waals surface area contributed by atoms with E-state index in [2.05, 4.69) is 4.98 Å². The predicted molar refractivity (Wildman–Crippen MR) is 98.6 cm³/mol. The number of amides is 1. The van der Waals surface area contributed by atoms with E-state index in [4.69, 9.17) is 13.9 Å². The van der Waals surface area contributed by atoms with Gasteiger partial charge in [-0.3, -0.25) is 9.78 Å². The first-order valence-electron chi connectivity index (χ1n) is 9.18. The molecule has 1 aromatic carbocycles. The number of para-hydroxylation sites is 1. The molecule has 0 radical (unpaired) electrons. The molecule has 4 heterocycles. The molecule has 1 unspecified atom stereocenters. The summed E-state index contributed by atoms with van der Waals surface area (Å²) < 4.78 is 17.6. The number of hydrogen-bond donors (Lipinski definition) is 0. The highest BCUT2D eigenvalue weighted by Gasteiger charge is 2.55. The lowest BCUT2D eigenvalue weighted by Crippen LogP contribution is -2.66. The van der Waals surface area contributed by atoms with Crippen LogP contribution in [0.25, 0.3) is 11.0 Å². The summed E-state index contributed by atoms with van der Waals surface area (Å²) in [5.74, 6) is 1.32. The quantitative estimate of drug-likeness (QED) is 0.712. The Kier molecular flexibility index (Phi) is 3.86. The summed E-state index contributed by atoms with van der Waals surface area (Å²) >= 11 is 0. The van der Waals surface area contributed by atoms with E-state index in [0.717, 1.165) is 23.1 Å². The summed E-state index contributed by atoms with van der Waals surface area (Å²) in [5.41, 5.74) is 0.431. The third-order valence-electron chi connectivity index (χ3n) is 5.53. The van der Waals surface area contributed by atoms with E-state index in [1.165, 1.54) is 0 Å². The van der Waals surface area contributed by atoms with Crippen molar-refractivity contribution in [1.82, 2.24) is 9.88 Å². The molecule has 2 aromatic heterocycles. The second kappa shape index (κ2) is 6.39. The van der Waals surface area contributed by atoms with Gasteiger partial charge in [-0.1, -0.05) is 18.2 Å². The van der Waals surface area contributed by atoms with Crippen LogP contribution < -0.4 is 4.74 Å². The van der Waals surface area contributed by atoms with Crippen molar-refractivity contribution in [3.8, 4) is 5.75 Å². The highest BCUT2D eigenvalue weighted by Crippen LogP contribution is 2.41. The standard InChI is InChI=1S/C21H20N2O4/c24-20(19-10-15-4-1-2-6-18(15)27-19)23-13-21(14-23)16(7-9-26-21)12-25-17-5-3-8-22-11-17/h1-6,8,10-11,16H,7,9,12-14H2. The Morgan fingerprint density at radius 1 is 1.26 bits per heavy atom. The molecule has 2 saturated heterocycles. The Hall–Kier alpha value is -2.86. The molecule has 0 N–H and O–H groups in total. The van der Waals surface area contributed by atoms with Crippen molar-refractivity contribution in [2.75, 3.05) is 26.3 Å². The zero-order chi connectivity index (χ0) is 18.3. The smallest absolute Gasteiger partial charge is 0.289 e. The van der Waals surface area contributed by atoms with Crippen LogP contribution in [0.4, 0.5) is 0 Å². The molecule has 2 fully saturated rings. The van der Waals surface area contributed by atoms with E-state index in [-0.39, 0.29) is 17.4 Å². The highest BCUT2D eigenvalue weighted by atomic mass is 16.5. The summed E-state index contributed by atoms with van der Waals surface area (Å²) in [6.07, 6.45) is 4.37. The topological polar surface area (TPSA) is 64.8 Å². The number of nitrogens with zero attached hydrogens (tertiary/aromatic N) is 2. The van der Waals surface area contributed by atoms with Crippen LogP contribution in [0, 0.1) is 5.92 Å². The number of ether oxygens (including phenoxy) is 2. The number of rotatable bonds is 4. The lowest BCUT2D eigenvalue weighted by Gasteiger charge is -2.49. The van der Waals surface area contributed by atoms with Crippen molar-refractivity contribution in [2.24, 2.45) is 5.92 Å². The average Bonchev–Trinajstić information content (AvgIpc) is 3.29. The molecule has 1 atom stereocenters. The Labute approximate surface area is 156 Å². The molecule has 0 saturated carbocycles. The molecule has 0 aliphatic carbocycles. The normalized spacial score (nSPS) is 20.7. The molecule has 3 aromatic rings. The van der Waals surface area contributed by atoms with Crippen LogP contribution in [-0.4, -0.2) is 47.7 Å². The van der Waals surface area contributed by atoms with Crippen LogP contribution in [0.3, 0.4) is 0 Å². The largest absolute Gasteiger partial charge is 0.492 e. The van der Waals surface area contributed by atoms with E-state index in [0.29, 0.717) is 32.1 Å². The van der Waals surface area contributed by atoms with Gasteiger partial charge in [-0.25, -0.2) is 0 Å². The van der Waals surface area contributed by atoms with Crippen LogP contribution in [0.5, 0.6) is 5.75 Å². The van der Waals surface area contributed by atoms with Gasteiger partial charge in [0, 0.05) is 24.1 Å². The van der Waals surface area contributed by atoms with Gasteiger partial charge in [-0.15, -0.1) is 0 Å². The Morgan fingerprint density at radius 2 is 2.15 bits per heavy atom. The number of carbonyl (C=O) groups excluding carboxylic acids is 1. The molecule has 27 heavy (non-hydrogen) atoms. The molecule has 2 aliphatic heterocycles. The van der Waals surface area contributed by atoms with E-state index in [9.17, 15) is 4.79 Å². The second-order valence-corrected chi connectivity index (χ2v) is 7.21. The van der Waals surface area contributed by atoms with Crippen molar-refractivity contribution >= 4 is 16.9 Å². The first kappa shape index (κ1) is 16.3. The van der Waals surface area contributed by atoms with Gasteiger partial charge in [0.1, 0.15) is 16.9 Å². The first-order chi connectivity index (χ1) is 13.2. The fourth-order valence-corrected chi connectivity index (χ4v) is 3.99. The maximum absolute atomic E-state index is 12.8. The number of benzene rings is 1. The van der Waals surface area contributed by atoms with Crippen molar-refractivity contribution in [1.29, 1.82) is 0 Å². The van der Waals surface area contributed by atoms with Crippen LogP contribution >= 0.6 is 0 Å². The van der Waals surface area contributed by atoms with Gasteiger partial charge >= 0.3 is 0 Å². The van der Waals surface area contributed by atoms with Gasteiger partial charge in [0.15, 0.2) is 5.76 Å². The molecule has 2 aliphatic rings. The van der Waals surface area contributed by atoms with Gasteiger partial charge < -0.3 is 18.8 Å². The molecule has 1 spiro atoms. The minimum atomic E-state index is -0.302. The molecule has 138 valence electrons. The fourth-order valence-electron chi connectivity index (χ4n) is 3.99. The number of carbonyl (C=O) groups is 1. The van der Waals surface area contributed by atoms with E-state index < -0.39 is 0 Å². The highest BCUT2D eigenvalue weighted by molar-refractivity contribution is 5.96. The molecule has 5 rings (SSSR count). The van der Waals surface area contributed by atoms with E-state index in [1.807, 2.05) is 36.4 Å². The van der Waals surface area contributed by atoms with E-state index in [1.54, 1.807) is 23.4 Å². The molecule has 6 heteroatoms. The minimum Gasteiger partial charge on any atom is -0.492 e. The van der Waals surface area contributed by atoms with Crippen molar-refractivity contribution in [2.45, 2.75) is 12.0 Å². The predicted octanol–water partition coefficient (Wildman–Crippen LogP) is 3.14. The lowest BCUT2D eigenvalue weighted by molar-refractivity contribution is -0.122. The Morgan fingerprint density at radius 3 is 2.96 bits per heavy atom. The molecular formula is C21H20N2O4. The summed E-state index contributed by atoms with van der Waals surface area (Å²) in [4.78, 5) is 18.6. The van der Waals surface area contributed by atoms with Crippen LogP contribution in [0.15, 0.2) is 59.3 Å². The van der Waals surface area contributed by atoms with Gasteiger partial charge in [0.25, 0.3) is 5.91 Å². The summed E-state index contributed by atoms with van der Waals surface area (Å²) in [7, 11) is 0. The second-order valence-electron chi connectivity index (χ2n) is 7.21. The summed E-state index contributed by atoms with van der Waals surface area (Å²) in [6, 6.07) is 13.2. The Balaban J connectivity index is 1.24. The zero-order valence-corrected chi connectivity index (χ0v) is 14.8. The zero-order valence-electron chi connectivity index (χ0n) is 14.8. The number of likely N-dealkylation sites (tertiary alicyclic amines) is 1. The van der Waals surface area contributed by atoms with Gasteiger partial charge in [0.05, 0.1) is 25.9 Å². The number of fused-ring (bicyclic) bond motifs is 1. The van der Waals surface area contributed by atoms with Crippen molar-refractivity contribution in [3.63, 3.8) is 0 Å². The molecule has 1 amide bonds. The monoisotopic (exact) mass is 364 g/mol. The molecular weight excluding hydrogens is 344 g/mol. The van der Waals surface area contributed by atoms with Gasteiger partial charge in [-0.2, -0.15) is 0 Å².